The van der Waals surface area contributed by atoms with Gasteiger partial charge < -0.3 is 0 Å². The van der Waals surface area contributed by atoms with Gasteiger partial charge in [-0.25, -0.2) is 0 Å². The Balaban J connectivity index is 2.30. The molecule has 0 saturated carbocycles. The van der Waals surface area contributed by atoms with Gasteiger partial charge in [0.1, 0.15) is 0 Å². The summed E-state index contributed by atoms with van der Waals surface area (Å²) in [5.41, 5.74) is 1.16. The first kappa shape index (κ1) is 12.9. The molecule has 0 aliphatic carbocycles. The molecule has 0 bridgehead atoms. The molecule has 18 heavy (non-hydrogen) atoms. The Labute approximate surface area is 114 Å². The number of hydrogen-bond acceptors (Lipinski definition) is 3. The fourth-order valence-corrected chi connectivity index (χ4v) is 2.67. The predicted octanol–water partition coefficient (Wildman–Crippen LogP) is 4.71. The lowest BCUT2D eigenvalue weighted by Crippen LogP contribution is -1.88. The van der Waals surface area contributed by atoms with E-state index in [2.05, 4.69) is 0 Å². The molecule has 3 nitrogen and oxygen atoms in total. The van der Waals surface area contributed by atoms with Crippen molar-refractivity contribution >= 4 is 29.1 Å². The van der Waals surface area contributed by atoms with E-state index in [0.29, 0.717) is 5.02 Å². The summed E-state index contributed by atoms with van der Waals surface area (Å²) in [5.74, 6) is 0. The van der Waals surface area contributed by atoms with Crippen LogP contribution < -0.4 is 0 Å². The zero-order valence-electron chi connectivity index (χ0n) is 9.59. The summed E-state index contributed by atoms with van der Waals surface area (Å²) >= 11 is 7.56. The molecule has 0 N–H and O–H groups in total. The Morgan fingerprint density at radius 2 is 1.89 bits per heavy atom. The molecule has 2 rings (SSSR count). The van der Waals surface area contributed by atoms with Gasteiger partial charge in [-0.15, -0.1) is 0 Å². The Bertz CT molecular complexity index is 601. The van der Waals surface area contributed by atoms with Gasteiger partial charge in [-0.1, -0.05) is 41.6 Å². The van der Waals surface area contributed by atoms with E-state index in [1.165, 1.54) is 23.9 Å². The van der Waals surface area contributed by atoms with Crippen LogP contribution in [0, 0.1) is 17.0 Å². The van der Waals surface area contributed by atoms with Crippen molar-refractivity contribution < 1.29 is 4.92 Å². The molecule has 0 amide bonds. The molecule has 2 aromatic carbocycles. The number of hydrogen-bond donors (Lipinski definition) is 0. The van der Waals surface area contributed by atoms with Crippen molar-refractivity contribution in [3.8, 4) is 0 Å². The lowest BCUT2D eigenvalue weighted by Gasteiger charge is -2.06. The number of nitrogens with zero attached hydrogens (tertiary/aromatic N) is 1. The number of nitro benzene ring substituents is 1. The highest BCUT2D eigenvalue weighted by molar-refractivity contribution is 7.99. The first-order valence-electron chi connectivity index (χ1n) is 5.25. The summed E-state index contributed by atoms with van der Waals surface area (Å²) in [5, 5.41) is 11.0. The molecule has 0 aromatic heterocycles. The second kappa shape index (κ2) is 5.42. The van der Waals surface area contributed by atoms with Crippen LogP contribution in [0.15, 0.2) is 52.3 Å². The van der Waals surface area contributed by atoms with Crippen molar-refractivity contribution in [1.29, 1.82) is 0 Å². The van der Waals surface area contributed by atoms with Crippen LogP contribution in [-0.2, 0) is 0 Å². The Kier molecular flexibility index (Phi) is 3.89. The van der Waals surface area contributed by atoms with Crippen LogP contribution in [0.25, 0.3) is 0 Å². The summed E-state index contributed by atoms with van der Waals surface area (Å²) in [6.45, 7) is 2.02. The first-order valence-corrected chi connectivity index (χ1v) is 6.45. The minimum absolute atomic E-state index is 0.00846. The Hall–Kier alpha value is -1.52. The van der Waals surface area contributed by atoms with Crippen LogP contribution in [-0.4, -0.2) is 4.92 Å². The second-order valence-electron chi connectivity index (χ2n) is 3.74. The van der Waals surface area contributed by atoms with Gasteiger partial charge in [0.05, 0.1) is 9.95 Å². The molecule has 0 fully saturated rings. The van der Waals surface area contributed by atoms with Gasteiger partial charge in [-0.3, -0.25) is 10.1 Å². The molecular formula is C13H10ClNO2S. The maximum absolute atomic E-state index is 10.6. The number of rotatable bonds is 3. The molecule has 0 spiro atoms. The standard InChI is InChI=1S/C13H10ClNO2S/c1-9-4-2-3-5-12(9)18-13-7-6-10(15(16)17)8-11(13)14/h2-8H,1H3. The lowest BCUT2D eigenvalue weighted by atomic mass is 10.2. The summed E-state index contributed by atoms with van der Waals surface area (Å²) in [6, 6.07) is 12.5. The molecule has 0 heterocycles. The summed E-state index contributed by atoms with van der Waals surface area (Å²) in [7, 11) is 0. The van der Waals surface area contributed by atoms with Crippen molar-refractivity contribution in [2.75, 3.05) is 0 Å². The van der Waals surface area contributed by atoms with Crippen molar-refractivity contribution in [1.82, 2.24) is 0 Å². The van der Waals surface area contributed by atoms with E-state index in [1.54, 1.807) is 6.07 Å². The van der Waals surface area contributed by atoms with Crippen molar-refractivity contribution in [2.45, 2.75) is 16.7 Å². The monoisotopic (exact) mass is 279 g/mol. The van der Waals surface area contributed by atoms with Gasteiger partial charge in [0, 0.05) is 21.9 Å². The largest absolute Gasteiger partial charge is 0.270 e. The summed E-state index contributed by atoms with van der Waals surface area (Å²) in [4.78, 5) is 12.1. The molecule has 0 radical (unpaired) electrons. The van der Waals surface area contributed by atoms with Crippen LogP contribution in [0.1, 0.15) is 5.56 Å². The molecule has 0 saturated heterocycles. The van der Waals surface area contributed by atoms with Crippen LogP contribution in [0.2, 0.25) is 5.02 Å². The van der Waals surface area contributed by atoms with Gasteiger partial charge in [0.2, 0.25) is 0 Å². The third-order valence-corrected chi connectivity index (χ3v) is 4.12. The fraction of sp³-hybridized carbons (Fsp3) is 0.0769. The van der Waals surface area contributed by atoms with Crippen molar-refractivity contribution in [3.63, 3.8) is 0 Å². The maximum atomic E-state index is 10.6. The van der Waals surface area contributed by atoms with Gasteiger partial charge in [-0.2, -0.15) is 0 Å². The number of aryl methyl sites for hydroxylation is 1. The highest BCUT2D eigenvalue weighted by Crippen LogP contribution is 2.36. The van der Waals surface area contributed by atoms with Gasteiger partial charge in [0.15, 0.2) is 0 Å². The molecular weight excluding hydrogens is 270 g/mol. The van der Waals surface area contributed by atoms with Crippen LogP contribution in [0.5, 0.6) is 0 Å². The predicted molar refractivity (Wildman–Crippen MR) is 73.4 cm³/mol. The fourth-order valence-electron chi connectivity index (χ4n) is 1.48. The third kappa shape index (κ3) is 2.83. The number of nitro groups is 1. The summed E-state index contributed by atoms with van der Waals surface area (Å²) in [6.07, 6.45) is 0. The topological polar surface area (TPSA) is 43.1 Å². The average Bonchev–Trinajstić information content (AvgIpc) is 2.34. The normalized spacial score (nSPS) is 10.3. The smallest absolute Gasteiger partial charge is 0.258 e. The highest BCUT2D eigenvalue weighted by Gasteiger charge is 2.10. The summed E-state index contributed by atoms with van der Waals surface area (Å²) < 4.78 is 0. The van der Waals surface area contributed by atoms with E-state index in [1.807, 2.05) is 31.2 Å². The van der Waals surface area contributed by atoms with E-state index in [0.717, 1.165) is 15.4 Å². The molecule has 0 unspecified atom stereocenters. The first-order chi connectivity index (χ1) is 8.58. The van der Waals surface area contributed by atoms with Crippen molar-refractivity contribution in [3.05, 3.63) is 63.2 Å². The van der Waals surface area contributed by atoms with Crippen LogP contribution in [0.4, 0.5) is 5.69 Å². The SMILES string of the molecule is Cc1ccccc1Sc1ccc([N+](=O)[O-])cc1Cl. The minimum Gasteiger partial charge on any atom is -0.258 e. The van der Waals surface area contributed by atoms with E-state index in [9.17, 15) is 10.1 Å². The maximum Gasteiger partial charge on any atom is 0.270 e. The van der Waals surface area contributed by atoms with Gasteiger partial charge in [0.25, 0.3) is 5.69 Å². The molecule has 0 aliphatic heterocycles. The molecule has 0 atom stereocenters. The van der Waals surface area contributed by atoms with E-state index < -0.39 is 4.92 Å². The van der Waals surface area contributed by atoms with Crippen LogP contribution >= 0.6 is 23.4 Å². The molecule has 0 aliphatic rings. The van der Waals surface area contributed by atoms with Crippen molar-refractivity contribution in [2.24, 2.45) is 0 Å². The lowest BCUT2D eigenvalue weighted by molar-refractivity contribution is -0.384. The number of non-ortho nitro benzene ring substituents is 1. The quantitative estimate of drug-likeness (QED) is 0.604. The molecule has 5 heteroatoms. The second-order valence-corrected chi connectivity index (χ2v) is 5.23. The Morgan fingerprint density at radius 3 is 2.50 bits per heavy atom. The zero-order valence-corrected chi connectivity index (χ0v) is 11.2. The molecule has 92 valence electrons. The average molecular weight is 280 g/mol. The number of halogens is 1. The minimum atomic E-state index is -0.450. The van der Waals surface area contributed by atoms with Gasteiger partial charge >= 0.3 is 0 Å². The van der Waals surface area contributed by atoms with Crippen LogP contribution in [0.3, 0.4) is 0 Å². The van der Waals surface area contributed by atoms with E-state index in [4.69, 9.17) is 11.6 Å². The Morgan fingerprint density at radius 1 is 1.17 bits per heavy atom. The van der Waals surface area contributed by atoms with E-state index in [-0.39, 0.29) is 5.69 Å². The zero-order chi connectivity index (χ0) is 13.1. The van der Waals surface area contributed by atoms with Gasteiger partial charge in [-0.05, 0) is 24.6 Å². The highest BCUT2D eigenvalue weighted by atomic mass is 35.5. The molecule has 2 aromatic rings. The third-order valence-electron chi connectivity index (χ3n) is 2.44. The van der Waals surface area contributed by atoms with E-state index >= 15 is 0 Å². The number of benzene rings is 2.